The van der Waals surface area contributed by atoms with E-state index in [1.54, 1.807) is 0 Å². The summed E-state index contributed by atoms with van der Waals surface area (Å²) in [6.45, 7) is 11.1. The van der Waals surface area contributed by atoms with Crippen molar-refractivity contribution >= 4 is 12.7 Å². The molecule has 1 rings (SSSR count). The zero-order valence-corrected chi connectivity index (χ0v) is 9.25. The minimum Gasteiger partial charge on any atom is -0.265 e. The fourth-order valence-corrected chi connectivity index (χ4v) is 1.47. The largest absolute Gasteiger partial charge is 0.265 e. The lowest BCUT2D eigenvalue weighted by molar-refractivity contribution is 0.632. The zero-order valence-electron chi connectivity index (χ0n) is 9.25. The van der Waals surface area contributed by atoms with E-state index < -0.39 is 0 Å². The van der Waals surface area contributed by atoms with Crippen LogP contribution in [0, 0.1) is 0 Å². The summed E-state index contributed by atoms with van der Waals surface area (Å²) < 4.78 is 1.95. The summed E-state index contributed by atoms with van der Waals surface area (Å²) in [4.78, 5) is 0. The Balaban J connectivity index is 3.39. The standard InChI is InChI=1S/C12H18N2/c1-5-8-9-11-10(4)14(7-3)13-12(11)6-2/h5,8-9H,4,6-7H2,1-3H3/b8-5-,11-9+. The average Bonchev–Trinajstić information content (AvgIpc) is 2.52. The van der Waals surface area contributed by atoms with Crippen LogP contribution in [0.15, 0.2) is 12.2 Å². The number of aryl methyl sites for hydroxylation is 2. The SMILES string of the molecule is C=c1/c(=C\C=C/C)c(CC)nn1CC. The Morgan fingerprint density at radius 1 is 1.43 bits per heavy atom. The Kier molecular flexibility index (Phi) is 3.69. The quantitative estimate of drug-likeness (QED) is 0.701. The van der Waals surface area contributed by atoms with Crippen LogP contribution in [0.4, 0.5) is 0 Å². The highest BCUT2D eigenvalue weighted by atomic mass is 15.3. The summed E-state index contributed by atoms with van der Waals surface area (Å²) in [5.41, 5.74) is 1.13. The van der Waals surface area contributed by atoms with Crippen molar-refractivity contribution in [3.8, 4) is 0 Å². The monoisotopic (exact) mass is 190 g/mol. The van der Waals surface area contributed by atoms with Gasteiger partial charge in [0.15, 0.2) is 0 Å². The van der Waals surface area contributed by atoms with Gasteiger partial charge in [0.1, 0.15) is 0 Å². The maximum atomic E-state index is 4.49. The van der Waals surface area contributed by atoms with E-state index in [1.807, 2.05) is 23.8 Å². The third-order valence-electron chi connectivity index (χ3n) is 2.26. The summed E-state index contributed by atoms with van der Waals surface area (Å²) in [5.74, 6) is 0. The Hall–Kier alpha value is -1.31. The van der Waals surface area contributed by atoms with Crippen molar-refractivity contribution in [2.75, 3.05) is 0 Å². The summed E-state index contributed by atoms with van der Waals surface area (Å²) in [5, 5.41) is 6.68. The van der Waals surface area contributed by atoms with Crippen molar-refractivity contribution in [3.63, 3.8) is 0 Å². The van der Waals surface area contributed by atoms with Crippen LogP contribution in [0.1, 0.15) is 26.5 Å². The smallest absolute Gasteiger partial charge is 0.0700 e. The molecule has 14 heavy (non-hydrogen) atoms. The average molecular weight is 190 g/mol. The highest BCUT2D eigenvalue weighted by Gasteiger charge is 2.00. The van der Waals surface area contributed by atoms with Crippen LogP contribution in [-0.2, 0) is 13.0 Å². The van der Waals surface area contributed by atoms with E-state index in [0.717, 1.165) is 24.0 Å². The zero-order chi connectivity index (χ0) is 10.6. The Bertz CT molecular complexity index is 424. The Labute approximate surface area is 85.3 Å². The van der Waals surface area contributed by atoms with E-state index in [4.69, 9.17) is 0 Å². The van der Waals surface area contributed by atoms with Crippen LogP contribution < -0.4 is 10.6 Å². The van der Waals surface area contributed by atoms with Crippen LogP contribution in [-0.4, -0.2) is 9.78 Å². The van der Waals surface area contributed by atoms with Gasteiger partial charge in [-0.15, -0.1) is 0 Å². The number of allylic oxidation sites excluding steroid dienone is 2. The van der Waals surface area contributed by atoms with Gasteiger partial charge in [0.05, 0.1) is 11.0 Å². The number of hydrogen-bond acceptors (Lipinski definition) is 1. The second kappa shape index (κ2) is 4.80. The van der Waals surface area contributed by atoms with Crippen molar-refractivity contribution in [2.24, 2.45) is 0 Å². The topological polar surface area (TPSA) is 17.8 Å². The van der Waals surface area contributed by atoms with Crippen LogP contribution in [0.2, 0.25) is 0 Å². The molecule has 0 aliphatic heterocycles. The minimum atomic E-state index is 0.884. The van der Waals surface area contributed by atoms with Crippen molar-refractivity contribution in [1.29, 1.82) is 0 Å². The molecule has 76 valence electrons. The molecule has 0 aliphatic rings. The van der Waals surface area contributed by atoms with Gasteiger partial charge < -0.3 is 0 Å². The molecule has 0 bridgehead atoms. The molecular formula is C12H18N2. The lowest BCUT2D eigenvalue weighted by Gasteiger charge is -1.91. The number of nitrogens with zero attached hydrogens (tertiary/aromatic N) is 2. The number of aromatic nitrogens is 2. The molecule has 1 heterocycles. The molecule has 0 radical (unpaired) electrons. The van der Waals surface area contributed by atoms with E-state index in [2.05, 4.69) is 31.6 Å². The first-order valence-electron chi connectivity index (χ1n) is 5.12. The van der Waals surface area contributed by atoms with Gasteiger partial charge in [0, 0.05) is 11.8 Å². The van der Waals surface area contributed by atoms with Crippen LogP contribution >= 0.6 is 0 Å². The fraction of sp³-hybridized carbons (Fsp3) is 0.417. The van der Waals surface area contributed by atoms with Crippen molar-refractivity contribution in [3.05, 3.63) is 28.4 Å². The molecule has 0 atom stereocenters. The fourth-order valence-electron chi connectivity index (χ4n) is 1.47. The molecule has 0 aromatic carbocycles. The van der Waals surface area contributed by atoms with Gasteiger partial charge in [0.25, 0.3) is 0 Å². The third-order valence-corrected chi connectivity index (χ3v) is 2.26. The van der Waals surface area contributed by atoms with Gasteiger partial charge in [-0.2, -0.15) is 5.10 Å². The van der Waals surface area contributed by atoms with E-state index in [-0.39, 0.29) is 0 Å². The van der Waals surface area contributed by atoms with Gasteiger partial charge in [-0.25, -0.2) is 0 Å². The van der Waals surface area contributed by atoms with Crippen molar-refractivity contribution in [2.45, 2.75) is 33.7 Å². The second-order valence-corrected chi connectivity index (χ2v) is 3.17. The van der Waals surface area contributed by atoms with Crippen molar-refractivity contribution < 1.29 is 0 Å². The lowest BCUT2D eigenvalue weighted by Crippen LogP contribution is -2.28. The lowest BCUT2D eigenvalue weighted by atomic mass is 10.2. The molecule has 1 aromatic heterocycles. The molecule has 0 aliphatic carbocycles. The normalized spacial score (nSPS) is 12.9. The maximum absolute atomic E-state index is 4.49. The first-order valence-corrected chi connectivity index (χ1v) is 5.12. The van der Waals surface area contributed by atoms with Gasteiger partial charge in [-0.05, 0) is 20.3 Å². The summed E-state index contributed by atoms with van der Waals surface area (Å²) in [7, 11) is 0. The summed E-state index contributed by atoms with van der Waals surface area (Å²) >= 11 is 0. The maximum Gasteiger partial charge on any atom is 0.0700 e. The van der Waals surface area contributed by atoms with E-state index in [9.17, 15) is 0 Å². The second-order valence-electron chi connectivity index (χ2n) is 3.17. The molecule has 2 nitrogen and oxygen atoms in total. The van der Waals surface area contributed by atoms with E-state index in [0.29, 0.717) is 0 Å². The summed E-state index contributed by atoms with van der Waals surface area (Å²) in [6.07, 6.45) is 7.09. The van der Waals surface area contributed by atoms with Gasteiger partial charge in [-0.1, -0.05) is 31.7 Å². The summed E-state index contributed by atoms with van der Waals surface area (Å²) in [6, 6.07) is 0. The molecule has 1 aromatic rings. The molecule has 2 heteroatoms. The van der Waals surface area contributed by atoms with E-state index in [1.165, 1.54) is 5.22 Å². The highest BCUT2D eigenvalue weighted by molar-refractivity contribution is 5.38. The molecule has 0 fully saturated rings. The molecule has 0 saturated heterocycles. The third kappa shape index (κ3) is 1.95. The van der Waals surface area contributed by atoms with Gasteiger partial charge in [0.2, 0.25) is 0 Å². The molecule has 0 spiro atoms. The molecule has 0 N–H and O–H groups in total. The van der Waals surface area contributed by atoms with Crippen molar-refractivity contribution in [1.82, 2.24) is 9.78 Å². The molecule has 0 unspecified atom stereocenters. The molecular weight excluding hydrogens is 172 g/mol. The van der Waals surface area contributed by atoms with Crippen LogP contribution in [0.5, 0.6) is 0 Å². The Morgan fingerprint density at radius 3 is 2.64 bits per heavy atom. The van der Waals surface area contributed by atoms with Crippen LogP contribution in [0.25, 0.3) is 12.7 Å². The first-order chi connectivity index (χ1) is 6.74. The van der Waals surface area contributed by atoms with Crippen LogP contribution in [0.3, 0.4) is 0 Å². The number of hydrogen-bond donors (Lipinski definition) is 0. The minimum absolute atomic E-state index is 0.884. The van der Waals surface area contributed by atoms with E-state index >= 15 is 0 Å². The Morgan fingerprint density at radius 2 is 2.14 bits per heavy atom. The predicted molar refractivity (Wildman–Crippen MR) is 61.3 cm³/mol. The highest BCUT2D eigenvalue weighted by Crippen LogP contribution is 1.85. The number of rotatable bonds is 3. The van der Waals surface area contributed by atoms with Gasteiger partial charge in [-0.3, -0.25) is 4.68 Å². The molecule has 0 amide bonds. The molecule has 0 saturated carbocycles. The predicted octanol–water partition coefficient (Wildman–Crippen LogP) is 1.23. The van der Waals surface area contributed by atoms with Gasteiger partial charge >= 0.3 is 0 Å². The first kappa shape index (κ1) is 10.8.